The first kappa shape index (κ1) is 24.0. The van der Waals surface area contributed by atoms with Gasteiger partial charge in [0.25, 0.3) is 0 Å². The lowest BCUT2D eigenvalue weighted by Gasteiger charge is -2.18. The molecule has 1 N–H and O–H groups in total. The first-order valence-electron chi connectivity index (χ1n) is 11.2. The van der Waals surface area contributed by atoms with Gasteiger partial charge in [-0.25, -0.2) is 4.98 Å². The van der Waals surface area contributed by atoms with Crippen LogP contribution in [0.1, 0.15) is 42.4 Å². The number of hydrogen-bond acceptors (Lipinski definition) is 4. The quantitative estimate of drug-likeness (QED) is 0.398. The molecule has 170 valence electrons. The first-order chi connectivity index (χ1) is 15.6. The number of esters is 1. The van der Waals surface area contributed by atoms with E-state index in [9.17, 15) is 4.79 Å². The Morgan fingerprint density at radius 2 is 1.88 bits per heavy atom. The highest BCUT2D eigenvalue weighted by molar-refractivity contribution is 6.31. The van der Waals surface area contributed by atoms with Crippen LogP contribution < -0.4 is 5.32 Å². The topological polar surface area (TPSA) is 56.1 Å². The van der Waals surface area contributed by atoms with Gasteiger partial charge in [0.2, 0.25) is 0 Å². The van der Waals surface area contributed by atoms with Crippen LogP contribution in [0.15, 0.2) is 60.8 Å². The van der Waals surface area contributed by atoms with Crippen molar-refractivity contribution in [2.45, 2.75) is 51.6 Å². The standard InChI is InChI=1S/C26H32ClN3O2/c1-3-4-14-25-29-18-22(30(25)19-21-12-8-9-13-23(21)27)15-16-28-24(26(31)32-2)17-20-10-6-5-7-11-20/h5-13,18,24,28H,3-4,14-17,19H2,1-2H3. The number of methoxy groups -OCH3 is 1. The molecule has 6 heteroatoms. The van der Waals surface area contributed by atoms with E-state index in [1.807, 2.05) is 54.7 Å². The molecule has 5 nitrogen and oxygen atoms in total. The smallest absolute Gasteiger partial charge is 0.323 e. The summed E-state index contributed by atoms with van der Waals surface area (Å²) in [7, 11) is 1.43. The largest absolute Gasteiger partial charge is 0.468 e. The minimum Gasteiger partial charge on any atom is -0.468 e. The minimum absolute atomic E-state index is 0.248. The molecule has 0 aliphatic rings. The Labute approximate surface area is 195 Å². The Morgan fingerprint density at radius 3 is 2.59 bits per heavy atom. The summed E-state index contributed by atoms with van der Waals surface area (Å²) in [6.45, 7) is 3.53. The van der Waals surface area contributed by atoms with Crippen LogP contribution in [0.2, 0.25) is 5.02 Å². The zero-order chi connectivity index (χ0) is 22.8. The van der Waals surface area contributed by atoms with E-state index in [2.05, 4.69) is 22.9 Å². The van der Waals surface area contributed by atoms with Crippen LogP contribution in [-0.4, -0.2) is 35.2 Å². The molecule has 2 aromatic carbocycles. The highest BCUT2D eigenvalue weighted by Crippen LogP contribution is 2.19. The maximum absolute atomic E-state index is 12.3. The van der Waals surface area contributed by atoms with Gasteiger partial charge in [0, 0.05) is 36.3 Å². The molecule has 0 spiro atoms. The highest BCUT2D eigenvalue weighted by atomic mass is 35.5. The predicted octanol–water partition coefficient (Wildman–Crippen LogP) is 4.84. The van der Waals surface area contributed by atoms with Gasteiger partial charge >= 0.3 is 5.97 Å². The number of unbranched alkanes of at least 4 members (excludes halogenated alkanes) is 1. The van der Waals surface area contributed by atoms with Gasteiger partial charge in [-0.1, -0.05) is 73.5 Å². The molecular formula is C26H32ClN3O2. The Bertz CT molecular complexity index is 988. The Kier molecular flexibility index (Phi) is 9.32. The van der Waals surface area contributed by atoms with Crippen LogP contribution in [0.4, 0.5) is 0 Å². The fraction of sp³-hybridized carbons (Fsp3) is 0.385. The van der Waals surface area contributed by atoms with Crippen LogP contribution in [-0.2, 0) is 35.3 Å². The van der Waals surface area contributed by atoms with Gasteiger partial charge in [0.15, 0.2) is 0 Å². The summed E-state index contributed by atoms with van der Waals surface area (Å²) in [5.41, 5.74) is 3.31. The Hall–Kier alpha value is -2.63. The van der Waals surface area contributed by atoms with Crippen molar-refractivity contribution >= 4 is 17.6 Å². The highest BCUT2D eigenvalue weighted by Gasteiger charge is 2.19. The van der Waals surface area contributed by atoms with Gasteiger partial charge in [-0.2, -0.15) is 0 Å². The van der Waals surface area contributed by atoms with Gasteiger partial charge in [-0.3, -0.25) is 4.79 Å². The normalized spacial score (nSPS) is 12.0. The monoisotopic (exact) mass is 453 g/mol. The van der Waals surface area contributed by atoms with Crippen molar-refractivity contribution in [1.82, 2.24) is 14.9 Å². The predicted molar refractivity (Wildman–Crippen MR) is 129 cm³/mol. The van der Waals surface area contributed by atoms with E-state index in [-0.39, 0.29) is 12.0 Å². The van der Waals surface area contributed by atoms with Crippen LogP contribution in [0.25, 0.3) is 0 Å². The third kappa shape index (κ3) is 6.68. The summed E-state index contributed by atoms with van der Waals surface area (Å²) in [5, 5.41) is 4.14. The van der Waals surface area contributed by atoms with Crippen molar-refractivity contribution < 1.29 is 9.53 Å². The van der Waals surface area contributed by atoms with E-state index in [0.717, 1.165) is 53.4 Å². The minimum atomic E-state index is -0.387. The fourth-order valence-corrected chi connectivity index (χ4v) is 3.98. The van der Waals surface area contributed by atoms with E-state index < -0.39 is 0 Å². The maximum Gasteiger partial charge on any atom is 0.323 e. The van der Waals surface area contributed by atoms with Crippen molar-refractivity contribution in [2.24, 2.45) is 0 Å². The van der Waals surface area contributed by atoms with Crippen LogP contribution in [0.3, 0.4) is 0 Å². The third-order valence-electron chi connectivity index (χ3n) is 5.60. The molecule has 0 saturated carbocycles. The molecule has 0 radical (unpaired) electrons. The number of ether oxygens (including phenoxy) is 1. The fourth-order valence-electron chi connectivity index (χ4n) is 3.78. The second kappa shape index (κ2) is 12.4. The third-order valence-corrected chi connectivity index (χ3v) is 5.97. The number of carbonyl (C=O) groups excluding carboxylic acids is 1. The van der Waals surface area contributed by atoms with Gasteiger partial charge < -0.3 is 14.6 Å². The van der Waals surface area contributed by atoms with Gasteiger partial charge in [-0.05, 0) is 30.0 Å². The molecule has 1 aromatic heterocycles. The number of benzene rings is 2. The second-order valence-corrected chi connectivity index (χ2v) is 8.32. The van der Waals surface area contributed by atoms with Gasteiger partial charge in [0.1, 0.15) is 11.9 Å². The van der Waals surface area contributed by atoms with Crippen LogP contribution in [0, 0.1) is 0 Å². The van der Waals surface area contributed by atoms with Crippen molar-refractivity contribution in [3.63, 3.8) is 0 Å². The average Bonchev–Trinajstić information content (AvgIpc) is 3.19. The number of imidazole rings is 1. The van der Waals surface area contributed by atoms with E-state index in [1.165, 1.54) is 7.11 Å². The van der Waals surface area contributed by atoms with E-state index in [1.54, 1.807) is 0 Å². The zero-order valence-corrected chi connectivity index (χ0v) is 19.6. The molecule has 3 rings (SSSR count). The lowest BCUT2D eigenvalue weighted by atomic mass is 10.1. The van der Waals surface area contributed by atoms with Crippen molar-refractivity contribution in [1.29, 1.82) is 0 Å². The summed E-state index contributed by atoms with van der Waals surface area (Å²) in [4.78, 5) is 17.0. The summed E-state index contributed by atoms with van der Waals surface area (Å²) in [6, 6.07) is 17.5. The van der Waals surface area contributed by atoms with Crippen LogP contribution in [0.5, 0.6) is 0 Å². The number of hydrogen-bond donors (Lipinski definition) is 1. The number of aryl methyl sites for hydroxylation is 1. The SMILES string of the molecule is CCCCc1ncc(CCNC(Cc2ccccc2)C(=O)OC)n1Cc1ccccc1Cl. The van der Waals surface area contributed by atoms with Crippen molar-refractivity contribution in [3.05, 3.63) is 88.5 Å². The summed E-state index contributed by atoms with van der Waals surface area (Å²) in [6.07, 6.45) is 6.45. The van der Waals surface area contributed by atoms with E-state index >= 15 is 0 Å². The number of nitrogens with one attached hydrogen (secondary N) is 1. The van der Waals surface area contributed by atoms with Crippen molar-refractivity contribution in [3.8, 4) is 0 Å². The molecule has 1 unspecified atom stereocenters. The zero-order valence-electron chi connectivity index (χ0n) is 18.9. The lowest BCUT2D eigenvalue weighted by Crippen LogP contribution is -2.40. The summed E-state index contributed by atoms with van der Waals surface area (Å²) in [5.74, 6) is 0.831. The molecule has 0 fully saturated rings. The molecule has 3 aromatic rings. The van der Waals surface area contributed by atoms with Crippen molar-refractivity contribution in [2.75, 3.05) is 13.7 Å². The number of halogens is 1. The molecular weight excluding hydrogens is 422 g/mol. The molecule has 0 aliphatic heterocycles. The Morgan fingerprint density at radius 1 is 1.12 bits per heavy atom. The molecule has 0 amide bonds. The number of rotatable bonds is 12. The van der Waals surface area contributed by atoms with Gasteiger partial charge in [0.05, 0.1) is 13.7 Å². The lowest BCUT2D eigenvalue weighted by molar-refractivity contribution is -0.143. The van der Waals surface area contributed by atoms with E-state index in [4.69, 9.17) is 21.3 Å². The molecule has 0 saturated heterocycles. The van der Waals surface area contributed by atoms with E-state index in [0.29, 0.717) is 19.5 Å². The second-order valence-electron chi connectivity index (χ2n) is 7.92. The molecule has 1 heterocycles. The first-order valence-corrected chi connectivity index (χ1v) is 11.6. The summed E-state index contributed by atoms with van der Waals surface area (Å²) < 4.78 is 7.28. The number of aromatic nitrogens is 2. The molecule has 1 atom stereocenters. The molecule has 0 bridgehead atoms. The average molecular weight is 454 g/mol. The maximum atomic E-state index is 12.3. The molecule has 32 heavy (non-hydrogen) atoms. The van der Waals surface area contributed by atoms with Gasteiger partial charge in [-0.15, -0.1) is 0 Å². The Balaban J connectivity index is 1.70. The van der Waals surface area contributed by atoms with Crippen LogP contribution >= 0.6 is 11.6 Å². The number of nitrogens with zero attached hydrogens (tertiary/aromatic N) is 2. The summed E-state index contributed by atoms with van der Waals surface area (Å²) >= 11 is 6.43. The number of carbonyl (C=O) groups is 1. The molecule has 0 aliphatic carbocycles.